The summed E-state index contributed by atoms with van der Waals surface area (Å²) in [6.45, 7) is 27.9. The predicted molar refractivity (Wildman–Crippen MR) is 211 cm³/mol. The highest BCUT2D eigenvalue weighted by molar-refractivity contribution is 6.91. The fraction of sp³-hybridized carbons (Fsp3) is 0.409. The van der Waals surface area contributed by atoms with Gasteiger partial charge in [-0.3, -0.25) is 9.59 Å². The number of carbonyl (C=O) groups excluding carboxylic acids is 2. The molecule has 1 aliphatic rings. The van der Waals surface area contributed by atoms with E-state index in [1.54, 1.807) is 0 Å². The summed E-state index contributed by atoms with van der Waals surface area (Å²) in [6, 6.07) is 19.9. The summed E-state index contributed by atoms with van der Waals surface area (Å²) in [6.07, 6.45) is 0. The Balaban J connectivity index is 1.55. The molecule has 0 aliphatic heterocycles. The fourth-order valence-electron chi connectivity index (χ4n) is 9.02. The monoisotopic (exact) mass is 668 g/mol. The SMILES string of the molecule is CC(C)[Si](C#Cc1ccc2cc3c(cc2c1)C(=O)c1cc2ccc(C#C[Si](C(C)C)(C(C)C)C(C)C)cc2cc1C3=O)(C(C)C)C(C)C. The van der Waals surface area contributed by atoms with Crippen LogP contribution < -0.4 is 0 Å². The van der Waals surface area contributed by atoms with Crippen molar-refractivity contribution in [1.29, 1.82) is 0 Å². The lowest BCUT2D eigenvalue weighted by molar-refractivity contribution is 0.0979. The van der Waals surface area contributed by atoms with Crippen LogP contribution >= 0.6 is 0 Å². The molecule has 0 atom stereocenters. The number of hydrogen-bond donors (Lipinski definition) is 0. The first-order valence-electron chi connectivity index (χ1n) is 17.9. The third kappa shape index (κ3) is 5.93. The summed E-state index contributed by atoms with van der Waals surface area (Å²) in [7, 11) is -3.76. The van der Waals surface area contributed by atoms with Crippen LogP contribution in [0.2, 0.25) is 33.2 Å². The van der Waals surface area contributed by atoms with E-state index < -0.39 is 16.1 Å². The van der Waals surface area contributed by atoms with E-state index in [2.05, 4.69) is 130 Å². The Morgan fingerprint density at radius 3 is 0.938 bits per heavy atom. The Morgan fingerprint density at radius 1 is 0.396 bits per heavy atom. The second-order valence-corrected chi connectivity index (χ2v) is 27.0. The van der Waals surface area contributed by atoms with Crippen molar-refractivity contribution < 1.29 is 9.59 Å². The number of ketones is 2. The lowest BCUT2D eigenvalue weighted by atomic mass is 9.81. The summed E-state index contributed by atoms with van der Waals surface area (Å²) >= 11 is 0. The number of carbonyl (C=O) groups is 2. The summed E-state index contributed by atoms with van der Waals surface area (Å²) in [4.78, 5) is 28.0. The van der Waals surface area contributed by atoms with Crippen molar-refractivity contribution in [1.82, 2.24) is 0 Å². The largest absolute Gasteiger partial charge is 0.289 e. The molecule has 0 N–H and O–H groups in total. The van der Waals surface area contributed by atoms with Gasteiger partial charge in [0.15, 0.2) is 11.6 Å². The predicted octanol–water partition coefficient (Wildman–Crippen LogP) is 11.9. The normalized spacial score (nSPS) is 13.5. The molecule has 5 rings (SSSR count). The van der Waals surface area contributed by atoms with E-state index in [4.69, 9.17) is 0 Å². The number of hydrogen-bond acceptors (Lipinski definition) is 2. The lowest BCUT2D eigenvalue weighted by Gasteiger charge is -2.38. The van der Waals surface area contributed by atoms with E-state index in [1.165, 1.54) is 0 Å². The molecular weight excluding hydrogens is 617 g/mol. The molecule has 0 saturated carbocycles. The summed E-state index contributed by atoms with van der Waals surface area (Å²) < 4.78 is 0. The van der Waals surface area contributed by atoms with Gasteiger partial charge in [-0.2, -0.15) is 0 Å². The summed E-state index contributed by atoms with van der Waals surface area (Å²) in [5, 5.41) is 3.75. The van der Waals surface area contributed by atoms with Crippen LogP contribution in [0.4, 0.5) is 0 Å². The Kier molecular flexibility index (Phi) is 9.87. The Hall–Kier alpha value is -3.71. The van der Waals surface area contributed by atoms with Gasteiger partial charge < -0.3 is 0 Å². The van der Waals surface area contributed by atoms with E-state index in [0.29, 0.717) is 55.5 Å². The van der Waals surface area contributed by atoms with Crippen molar-refractivity contribution in [3.8, 4) is 22.9 Å². The minimum atomic E-state index is -1.88. The van der Waals surface area contributed by atoms with Crippen molar-refractivity contribution in [2.45, 2.75) is 116 Å². The van der Waals surface area contributed by atoms with Crippen LogP contribution in [0.15, 0.2) is 60.7 Å². The molecule has 4 heteroatoms. The molecule has 0 bridgehead atoms. The van der Waals surface area contributed by atoms with Gasteiger partial charge in [-0.15, -0.1) is 11.1 Å². The van der Waals surface area contributed by atoms with E-state index >= 15 is 0 Å². The van der Waals surface area contributed by atoms with Gasteiger partial charge in [0.2, 0.25) is 0 Å². The van der Waals surface area contributed by atoms with Crippen LogP contribution in [0, 0.1) is 22.9 Å². The van der Waals surface area contributed by atoms with Crippen molar-refractivity contribution in [2.75, 3.05) is 0 Å². The zero-order chi connectivity index (χ0) is 35.3. The molecular formula is C44H52O2Si2. The van der Waals surface area contributed by atoms with Crippen LogP contribution in [0.25, 0.3) is 21.5 Å². The maximum Gasteiger partial charge on any atom is 0.194 e. The molecule has 4 aromatic rings. The molecule has 0 spiro atoms. The van der Waals surface area contributed by atoms with Gasteiger partial charge in [-0.25, -0.2) is 0 Å². The maximum atomic E-state index is 14.0. The van der Waals surface area contributed by atoms with Gasteiger partial charge in [0.1, 0.15) is 16.1 Å². The number of rotatable bonds is 6. The zero-order valence-corrected chi connectivity index (χ0v) is 33.1. The van der Waals surface area contributed by atoms with Gasteiger partial charge in [0.25, 0.3) is 0 Å². The molecule has 0 saturated heterocycles. The standard InChI is InChI=1S/C44H52O2Si2/c1-27(2)47(28(3)4,29(5)6)19-17-33-13-15-35-23-39-41(25-37(35)21-33)43(45)40-24-36-16-14-34(22-38(36)26-42(40)44(39)46)18-20-48(30(7)8,31(9)10)32(11)12/h13-16,21-32H,1-12H3. The molecule has 0 amide bonds. The highest BCUT2D eigenvalue weighted by atomic mass is 28.3. The first-order valence-corrected chi connectivity index (χ1v) is 22.3. The van der Waals surface area contributed by atoms with Crippen molar-refractivity contribution in [2.24, 2.45) is 0 Å². The van der Waals surface area contributed by atoms with Crippen LogP contribution in [-0.4, -0.2) is 27.7 Å². The highest BCUT2D eigenvalue weighted by Crippen LogP contribution is 2.42. The molecule has 248 valence electrons. The third-order valence-corrected chi connectivity index (χ3v) is 24.1. The quantitative estimate of drug-likeness (QED) is 0.133. The minimum Gasteiger partial charge on any atom is -0.289 e. The minimum absolute atomic E-state index is 0.101. The van der Waals surface area contributed by atoms with Gasteiger partial charge in [0, 0.05) is 33.4 Å². The Labute approximate surface area is 291 Å². The average Bonchev–Trinajstić information content (AvgIpc) is 3.01. The third-order valence-electron chi connectivity index (χ3n) is 11.5. The smallest absolute Gasteiger partial charge is 0.194 e. The second-order valence-electron chi connectivity index (χ2n) is 15.9. The number of fused-ring (bicyclic) bond motifs is 4. The first kappa shape index (κ1) is 35.6. The summed E-state index contributed by atoms with van der Waals surface area (Å²) in [5.41, 5.74) is 14.8. The van der Waals surface area contributed by atoms with E-state index in [9.17, 15) is 9.59 Å². The average molecular weight is 669 g/mol. The second kappa shape index (κ2) is 13.3. The zero-order valence-electron chi connectivity index (χ0n) is 31.1. The number of benzene rings is 4. The molecule has 4 aromatic carbocycles. The maximum absolute atomic E-state index is 14.0. The fourth-order valence-corrected chi connectivity index (χ4v) is 19.5. The van der Waals surface area contributed by atoms with Crippen LogP contribution in [-0.2, 0) is 0 Å². The van der Waals surface area contributed by atoms with E-state index in [0.717, 1.165) is 32.7 Å². The van der Waals surface area contributed by atoms with Gasteiger partial charge in [0.05, 0.1) is 0 Å². The highest BCUT2D eigenvalue weighted by Gasteiger charge is 2.42. The molecule has 0 aromatic heterocycles. The topological polar surface area (TPSA) is 34.1 Å². The van der Waals surface area contributed by atoms with Crippen molar-refractivity contribution in [3.05, 3.63) is 94.0 Å². The van der Waals surface area contributed by atoms with Crippen molar-refractivity contribution >= 4 is 49.3 Å². The molecule has 1 aliphatic carbocycles. The van der Waals surface area contributed by atoms with Gasteiger partial charge in [-0.05, 0) is 103 Å². The molecule has 0 fully saturated rings. The summed E-state index contributed by atoms with van der Waals surface area (Å²) in [5.74, 6) is 6.89. The molecule has 0 heterocycles. The van der Waals surface area contributed by atoms with E-state index in [-0.39, 0.29) is 11.6 Å². The van der Waals surface area contributed by atoms with E-state index in [1.807, 2.05) is 36.4 Å². The van der Waals surface area contributed by atoms with Gasteiger partial charge >= 0.3 is 0 Å². The molecule has 0 radical (unpaired) electrons. The molecule has 48 heavy (non-hydrogen) atoms. The van der Waals surface area contributed by atoms with Crippen LogP contribution in [0.1, 0.15) is 126 Å². The molecule has 0 unspecified atom stereocenters. The Bertz CT molecular complexity index is 1860. The van der Waals surface area contributed by atoms with Crippen LogP contribution in [0.5, 0.6) is 0 Å². The lowest BCUT2D eigenvalue weighted by Crippen LogP contribution is -2.43. The van der Waals surface area contributed by atoms with Crippen LogP contribution in [0.3, 0.4) is 0 Å². The molecule has 2 nitrogen and oxygen atoms in total. The Morgan fingerprint density at radius 2 is 0.667 bits per heavy atom. The first-order chi connectivity index (χ1) is 22.5. The van der Waals surface area contributed by atoms with Gasteiger partial charge in [-0.1, -0.05) is 107 Å². The van der Waals surface area contributed by atoms with Crippen molar-refractivity contribution in [3.63, 3.8) is 0 Å².